The van der Waals surface area contributed by atoms with Gasteiger partial charge < -0.3 is 0 Å². The van der Waals surface area contributed by atoms with Gasteiger partial charge in [0.15, 0.2) is 0 Å². The molecule has 2 fully saturated rings. The summed E-state index contributed by atoms with van der Waals surface area (Å²) < 4.78 is 42.0. The van der Waals surface area contributed by atoms with Crippen LogP contribution >= 0.6 is 0 Å². The molecule has 0 N–H and O–H groups in total. The average molecular weight is 277 g/mol. The Labute approximate surface area is 117 Å². The van der Waals surface area contributed by atoms with Gasteiger partial charge in [-0.3, -0.25) is 4.31 Å². The zero-order valence-electron chi connectivity index (χ0n) is 12.8. The SMILES string of the molecule is [2H]C([2H])=C1[C@H]2C[C@@]2(C=C)CN1S(=O)(=O)c1ccc(C)cc1. The molecule has 0 bridgehead atoms. The third-order valence-corrected chi connectivity index (χ3v) is 5.94. The fourth-order valence-electron chi connectivity index (χ4n) is 2.73. The Morgan fingerprint density at radius 2 is 2.16 bits per heavy atom. The Hall–Kier alpha value is -1.55. The first-order valence-corrected chi connectivity index (χ1v) is 7.66. The molecule has 0 aromatic heterocycles. The lowest BCUT2D eigenvalue weighted by molar-refractivity contribution is 0.464. The van der Waals surface area contributed by atoms with Crippen LogP contribution in [0.5, 0.6) is 0 Å². The van der Waals surface area contributed by atoms with E-state index in [-0.39, 0.29) is 22.8 Å². The summed E-state index contributed by atoms with van der Waals surface area (Å²) in [4.78, 5) is 0.201. The summed E-state index contributed by atoms with van der Waals surface area (Å²) in [5.74, 6) is -0.0553. The van der Waals surface area contributed by atoms with Gasteiger partial charge in [-0.15, -0.1) is 6.58 Å². The Morgan fingerprint density at radius 1 is 1.47 bits per heavy atom. The summed E-state index contributed by atoms with van der Waals surface area (Å²) in [6, 6.07) is 6.64. The van der Waals surface area contributed by atoms with Gasteiger partial charge in [-0.1, -0.05) is 30.3 Å². The molecule has 1 aromatic carbocycles. The minimum Gasteiger partial charge on any atom is -0.270 e. The minimum absolute atomic E-state index is 0.0553. The van der Waals surface area contributed by atoms with Gasteiger partial charge in [-0.25, -0.2) is 8.42 Å². The van der Waals surface area contributed by atoms with Gasteiger partial charge >= 0.3 is 0 Å². The van der Waals surface area contributed by atoms with Crippen molar-refractivity contribution in [3.05, 3.63) is 54.7 Å². The normalized spacial score (nSPS) is 30.5. The van der Waals surface area contributed by atoms with E-state index >= 15 is 0 Å². The highest BCUT2D eigenvalue weighted by atomic mass is 32.2. The maximum atomic E-state index is 12.8. The van der Waals surface area contributed by atoms with Crippen molar-refractivity contribution in [1.82, 2.24) is 4.31 Å². The number of piperidine rings is 1. The number of hydrogen-bond acceptors (Lipinski definition) is 2. The third kappa shape index (κ3) is 1.66. The van der Waals surface area contributed by atoms with Crippen LogP contribution in [0.4, 0.5) is 0 Å². The van der Waals surface area contributed by atoms with Gasteiger partial charge in [0.1, 0.15) is 0 Å². The molecule has 1 saturated heterocycles. The van der Waals surface area contributed by atoms with Crippen LogP contribution in [0.25, 0.3) is 0 Å². The summed E-state index contributed by atoms with van der Waals surface area (Å²) in [6.45, 7) is 5.54. The van der Waals surface area contributed by atoms with Crippen LogP contribution in [0.15, 0.2) is 54.0 Å². The van der Waals surface area contributed by atoms with Crippen molar-refractivity contribution in [3.8, 4) is 0 Å². The fourth-order valence-corrected chi connectivity index (χ4v) is 4.26. The molecule has 1 saturated carbocycles. The lowest BCUT2D eigenvalue weighted by Crippen LogP contribution is -2.30. The smallest absolute Gasteiger partial charge is 0.264 e. The number of rotatable bonds is 3. The van der Waals surface area contributed by atoms with Gasteiger partial charge in [-0.05, 0) is 25.5 Å². The van der Waals surface area contributed by atoms with E-state index in [2.05, 4.69) is 6.58 Å². The predicted octanol–water partition coefficient (Wildman–Crippen LogP) is 2.71. The largest absolute Gasteiger partial charge is 0.270 e. The van der Waals surface area contributed by atoms with Crippen molar-refractivity contribution in [2.24, 2.45) is 11.3 Å². The molecule has 2 atom stereocenters. The van der Waals surface area contributed by atoms with E-state index in [9.17, 15) is 8.42 Å². The van der Waals surface area contributed by atoms with Crippen molar-refractivity contribution in [2.75, 3.05) is 6.54 Å². The molecule has 2 aliphatic rings. The highest BCUT2D eigenvalue weighted by molar-refractivity contribution is 7.89. The molecular weight excluding hydrogens is 258 g/mol. The first-order valence-electron chi connectivity index (χ1n) is 7.22. The highest BCUT2D eigenvalue weighted by Crippen LogP contribution is 2.63. The van der Waals surface area contributed by atoms with Crippen LogP contribution in [0.1, 0.15) is 14.7 Å². The molecule has 0 radical (unpaired) electrons. The first kappa shape index (κ1) is 10.3. The van der Waals surface area contributed by atoms with Crippen molar-refractivity contribution in [3.63, 3.8) is 0 Å². The number of hydrogen-bond donors (Lipinski definition) is 0. The number of fused-ring (bicyclic) bond motifs is 1. The van der Waals surface area contributed by atoms with Crippen LogP contribution in [0, 0.1) is 18.3 Å². The van der Waals surface area contributed by atoms with Crippen molar-refractivity contribution >= 4 is 10.0 Å². The molecule has 3 nitrogen and oxygen atoms in total. The molecular formula is C15H17NO2S. The second-order valence-electron chi connectivity index (χ2n) is 5.40. The molecule has 0 amide bonds. The number of allylic oxidation sites excluding steroid dienone is 1. The lowest BCUT2D eigenvalue weighted by Gasteiger charge is -2.23. The van der Waals surface area contributed by atoms with Gasteiger partial charge in [0.25, 0.3) is 10.0 Å². The second-order valence-corrected chi connectivity index (χ2v) is 7.27. The molecule has 100 valence electrons. The number of sulfonamides is 1. The number of benzene rings is 1. The monoisotopic (exact) mass is 277 g/mol. The minimum atomic E-state index is -3.71. The lowest BCUT2D eigenvalue weighted by atomic mass is 10.1. The molecule has 1 heterocycles. The summed E-state index contributed by atoms with van der Waals surface area (Å²) in [6.07, 6.45) is 2.55. The van der Waals surface area contributed by atoms with E-state index in [1.165, 1.54) is 4.31 Å². The fraction of sp³-hybridized carbons (Fsp3) is 0.333. The molecule has 1 aliphatic heterocycles. The number of nitrogens with zero attached hydrogens (tertiary/aromatic N) is 1. The maximum Gasteiger partial charge on any atom is 0.264 e. The predicted molar refractivity (Wildman–Crippen MR) is 74.9 cm³/mol. The zero-order chi connectivity index (χ0) is 15.4. The third-order valence-electron chi connectivity index (χ3n) is 4.17. The van der Waals surface area contributed by atoms with Crippen molar-refractivity contribution in [2.45, 2.75) is 18.2 Å². The van der Waals surface area contributed by atoms with Gasteiger partial charge in [0.2, 0.25) is 0 Å². The van der Waals surface area contributed by atoms with E-state index in [0.717, 1.165) is 12.0 Å². The highest BCUT2D eigenvalue weighted by Gasteiger charge is 2.62. The zero-order valence-corrected chi connectivity index (χ0v) is 11.6. The van der Waals surface area contributed by atoms with Gasteiger partial charge in [0.05, 0.1) is 7.64 Å². The van der Waals surface area contributed by atoms with Crippen LogP contribution in [0.3, 0.4) is 0 Å². The first-order chi connectivity index (χ1) is 9.82. The van der Waals surface area contributed by atoms with Crippen LogP contribution in [0.2, 0.25) is 0 Å². The summed E-state index contributed by atoms with van der Waals surface area (Å²) in [5, 5.41) is 0. The van der Waals surface area contributed by atoms with Gasteiger partial charge in [-0.2, -0.15) is 0 Å². The maximum absolute atomic E-state index is 12.8. The Bertz CT molecular complexity index is 735. The molecule has 19 heavy (non-hydrogen) atoms. The van der Waals surface area contributed by atoms with Crippen LogP contribution in [-0.4, -0.2) is 19.3 Å². The topological polar surface area (TPSA) is 37.4 Å². The summed E-state index contributed by atoms with van der Waals surface area (Å²) in [5.41, 5.74) is 1.01. The van der Waals surface area contributed by atoms with E-state index in [1.54, 1.807) is 30.3 Å². The average Bonchev–Trinajstić information content (AvgIpc) is 3.04. The molecule has 4 heteroatoms. The van der Waals surface area contributed by atoms with E-state index in [4.69, 9.17) is 2.74 Å². The second kappa shape index (κ2) is 3.73. The van der Waals surface area contributed by atoms with Gasteiger partial charge in [0, 0.05) is 23.6 Å². The van der Waals surface area contributed by atoms with Crippen molar-refractivity contribution < 1.29 is 11.2 Å². The van der Waals surface area contributed by atoms with E-state index in [0.29, 0.717) is 5.70 Å². The Balaban J connectivity index is 2.05. The Kier molecular flexibility index (Phi) is 2.01. The van der Waals surface area contributed by atoms with Crippen molar-refractivity contribution in [1.29, 1.82) is 0 Å². The standard InChI is InChI=1S/C15H17NO2S/c1-4-15-9-14(15)12(3)16(10-15)19(17,18)13-7-5-11(2)6-8-13/h4-8,14H,1,3,9-10H2,2H3/t14-,15+/m1/s1/i3D2. The molecule has 3 rings (SSSR count). The van der Waals surface area contributed by atoms with Crippen LogP contribution < -0.4 is 0 Å². The Morgan fingerprint density at radius 3 is 2.74 bits per heavy atom. The quantitative estimate of drug-likeness (QED) is 0.797. The van der Waals surface area contributed by atoms with E-state index < -0.39 is 16.6 Å². The molecule has 1 aliphatic carbocycles. The number of aryl methyl sites for hydroxylation is 1. The molecule has 0 unspecified atom stereocenters. The summed E-state index contributed by atoms with van der Waals surface area (Å²) in [7, 11) is -3.71. The molecule has 1 aromatic rings. The summed E-state index contributed by atoms with van der Waals surface area (Å²) >= 11 is 0. The van der Waals surface area contributed by atoms with E-state index in [1.807, 2.05) is 6.92 Å². The van der Waals surface area contributed by atoms with Crippen LogP contribution in [-0.2, 0) is 10.0 Å². The molecule has 0 spiro atoms.